The summed E-state index contributed by atoms with van der Waals surface area (Å²) < 4.78 is 7.61. The fourth-order valence-corrected chi connectivity index (χ4v) is 5.09. The van der Waals surface area contributed by atoms with Gasteiger partial charge in [-0.05, 0) is 97.7 Å². The van der Waals surface area contributed by atoms with Crippen molar-refractivity contribution < 1.29 is 9.53 Å². The Morgan fingerprint density at radius 1 is 1.00 bits per heavy atom. The van der Waals surface area contributed by atoms with Crippen LogP contribution in [0.25, 0.3) is 16.9 Å². The predicted octanol–water partition coefficient (Wildman–Crippen LogP) is 6.50. The highest BCUT2D eigenvalue weighted by Crippen LogP contribution is 2.30. The van der Waals surface area contributed by atoms with E-state index in [0.717, 1.165) is 34.9 Å². The van der Waals surface area contributed by atoms with E-state index in [0.29, 0.717) is 18.8 Å². The number of benzene rings is 2. The molecule has 0 atom stereocenters. The first kappa shape index (κ1) is 23.5. The second-order valence-electron chi connectivity index (χ2n) is 8.78. The highest BCUT2D eigenvalue weighted by Gasteiger charge is 2.16. The Morgan fingerprint density at radius 3 is 2.39 bits per heavy atom. The lowest BCUT2D eigenvalue weighted by molar-refractivity contribution is -0.121. The van der Waals surface area contributed by atoms with E-state index in [1.165, 1.54) is 37.0 Å². The Hall–Kier alpha value is -2.66. The zero-order valence-electron chi connectivity index (χ0n) is 19.7. The molecule has 2 aromatic carbocycles. The van der Waals surface area contributed by atoms with E-state index < -0.39 is 0 Å². The van der Waals surface area contributed by atoms with E-state index in [4.69, 9.17) is 4.74 Å². The van der Waals surface area contributed by atoms with Crippen molar-refractivity contribution in [1.29, 1.82) is 0 Å². The molecule has 0 saturated heterocycles. The molecule has 1 aromatic heterocycles. The number of hydrogen-bond donors (Lipinski definition) is 1. The van der Waals surface area contributed by atoms with Gasteiger partial charge in [0.25, 0.3) is 0 Å². The molecule has 1 aliphatic rings. The van der Waals surface area contributed by atoms with Gasteiger partial charge in [-0.25, -0.2) is 0 Å². The lowest BCUT2D eigenvalue weighted by atomic mass is 9.89. The van der Waals surface area contributed by atoms with Crippen molar-refractivity contribution >= 4 is 17.7 Å². The van der Waals surface area contributed by atoms with Gasteiger partial charge < -0.3 is 14.6 Å². The zero-order valence-corrected chi connectivity index (χ0v) is 20.5. The summed E-state index contributed by atoms with van der Waals surface area (Å²) in [4.78, 5) is 13.8. The molecule has 1 N–H and O–H groups in total. The average molecular weight is 463 g/mol. The number of carbonyl (C=O) groups excluding carboxylic acids is 1. The minimum atomic E-state index is 0.150. The smallest absolute Gasteiger partial charge is 0.220 e. The Labute approximate surface area is 201 Å². The summed E-state index contributed by atoms with van der Waals surface area (Å²) in [6.07, 6.45) is 9.75. The maximum absolute atomic E-state index is 12.6. The first-order chi connectivity index (χ1) is 16.2. The van der Waals surface area contributed by atoms with Crippen molar-refractivity contribution in [3.63, 3.8) is 0 Å². The lowest BCUT2D eigenvalue weighted by Crippen LogP contribution is -2.30. The van der Waals surface area contributed by atoms with Crippen LogP contribution in [0.3, 0.4) is 0 Å². The first-order valence-electron chi connectivity index (χ1n) is 11.9. The molecule has 0 radical (unpaired) electrons. The molecule has 33 heavy (non-hydrogen) atoms. The lowest BCUT2D eigenvalue weighted by Gasteiger charge is -2.21. The van der Waals surface area contributed by atoms with Crippen LogP contribution in [0, 0.1) is 5.92 Å². The van der Waals surface area contributed by atoms with Gasteiger partial charge in [-0.3, -0.25) is 4.79 Å². The maximum Gasteiger partial charge on any atom is 0.220 e. The quantitative estimate of drug-likeness (QED) is 0.369. The fourth-order valence-electron chi connectivity index (χ4n) is 4.68. The molecule has 0 aliphatic heterocycles. The van der Waals surface area contributed by atoms with E-state index in [1.807, 2.05) is 12.1 Å². The maximum atomic E-state index is 12.6. The number of ether oxygens (including phenoxy) is 1. The molecular formula is C28H34N2O2S. The van der Waals surface area contributed by atoms with E-state index in [1.54, 1.807) is 18.9 Å². The molecule has 4 nitrogen and oxygen atoms in total. The molecule has 0 spiro atoms. The molecule has 0 unspecified atom stereocenters. The van der Waals surface area contributed by atoms with Crippen LogP contribution in [0.2, 0.25) is 0 Å². The number of amides is 1. The number of nitrogens with one attached hydrogen (secondary N) is 1. The van der Waals surface area contributed by atoms with E-state index in [9.17, 15) is 4.79 Å². The van der Waals surface area contributed by atoms with Crippen molar-refractivity contribution in [2.75, 3.05) is 19.9 Å². The Balaban J connectivity index is 1.52. The SMILES string of the molecule is COc1ccc(-c2ccc(CCC(=O)NCC3CCCCC3)n2-c2ccc(SC)cc2)cc1. The third-order valence-corrected chi connectivity index (χ3v) is 7.34. The van der Waals surface area contributed by atoms with Crippen LogP contribution >= 0.6 is 11.8 Å². The van der Waals surface area contributed by atoms with Gasteiger partial charge in [0.1, 0.15) is 5.75 Å². The summed E-state index contributed by atoms with van der Waals surface area (Å²) in [7, 11) is 1.68. The van der Waals surface area contributed by atoms with Crippen LogP contribution in [0.5, 0.6) is 5.75 Å². The summed E-state index contributed by atoms with van der Waals surface area (Å²) in [5, 5.41) is 3.18. The minimum Gasteiger partial charge on any atom is -0.497 e. The summed E-state index contributed by atoms with van der Waals surface area (Å²) in [6.45, 7) is 0.826. The molecule has 0 bridgehead atoms. The second kappa shape index (κ2) is 11.5. The van der Waals surface area contributed by atoms with E-state index in [2.05, 4.69) is 64.7 Å². The van der Waals surface area contributed by atoms with Crippen LogP contribution < -0.4 is 10.1 Å². The van der Waals surface area contributed by atoms with Gasteiger partial charge in [-0.2, -0.15) is 0 Å². The monoisotopic (exact) mass is 462 g/mol. The van der Waals surface area contributed by atoms with Gasteiger partial charge in [-0.15, -0.1) is 11.8 Å². The van der Waals surface area contributed by atoms with Crippen molar-refractivity contribution in [3.05, 3.63) is 66.4 Å². The average Bonchev–Trinajstić information content (AvgIpc) is 3.31. The summed E-state index contributed by atoms with van der Waals surface area (Å²) in [5.74, 6) is 1.65. The standard InChI is InChI=1S/C28H34N2O2S/c1-32-25-14-8-22(9-15-25)27-18-12-24(30(27)23-10-16-26(33-2)17-11-23)13-19-28(31)29-20-21-6-4-3-5-7-21/h8-12,14-18,21H,3-7,13,19-20H2,1-2H3,(H,29,31). The highest BCUT2D eigenvalue weighted by atomic mass is 32.2. The summed E-state index contributed by atoms with van der Waals surface area (Å²) >= 11 is 1.74. The zero-order chi connectivity index (χ0) is 23.0. The summed E-state index contributed by atoms with van der Waals surface area (Å²) in [6, 6.07) is 21.1. The van der Waals surface area contributed by atoms with E-state index in [-0.39, 0.29) is 5.91 Å². The number of hydrogen-bond acceptors (Lipinski definition) is 3. The van der Waals surface area contributed by atoms with Crippen molar-refractivity contribution in [1.82, 2.24) is 9.88 Å². The van der Waals surface area contributed by atoms with Gasteiger partial charge in [0.15, 0.2) is 0 Å². The Kier molecular flexibility index (Phi) is 8.16. The molecule has 3 aromatic rings. The first-order valence-corrected chi connectivity index (χ1v) is 13.2. The molecule has 174 valence electrons. The van der Waals surface area contributed by atoms with Crippen LogP contribution in [0.1, 0.15) is 44.2 Å². The molecular weight excluding hydrogens is 428 g/mol. The number of carbonyl (C=O) groups is 1. The fraction of sp³-hybridized carbons (Fsp3) is 0.393. The van der Waals surface area contributed by atoms with Crippen LogP contribution in [-0.2, 0) is 11.2 Å². The van der Waals surface area contributed by atoms with Crippen molar-refractivity contribution in [2.24, 2.45) is 5.92 Å². The van der Waals surface area contributed by atoms with Gasteiger partial charge in [0, 0.05) is 29.2 Å². The van der Waals surface area contributed by atoms with Crippen LogP contribution in [0.15, 0.2) is 65.6 Å². The number of rotatable bonds is 9. The second-order valence-corrected chi connectivity index (χ2v) is 9.66. The summed E-state index contributed by atoms with van der Waals surface area (Å²) in [5.41, 5.74) is 4.50. The van der Waals surface area contributed by atoms with Crippen molar-refractivity contribution in [3.8, 4) is 22.7 Å². The molecule has 1 amide bonds. The topological polar surface area (TPSA) is 43.3 Å². The predicted molar refractivity (Wildman–Crippen MR) is 137 cm³/mol. The highest BCUT2D eigenvalue weighted by molar-refractivity contribution is 7.98. The third kappa shape index (κ3) is 6.02. The molecule has 1 aliphatic carbocycles. The van der Waals surface area contributed by atoms with Crippen LogP contribution in [0.4, 0.5) is 0 Å². The number of thioether (sulfide) groups is 1. The Bertz CT molecular complexity index is 1030. The molecule has 4 rings (SSSR count). The van der Waals surface area contributed by atoms with Gasteiger partial charge in [-0.1, -0.05) is 19.3 Å². The molecule has 1 heterocycles. The van der Waals surface area contributed by atoms with Gasteiger partial charge >= 0.3 is 0 Å². The number of aromatic nitrogens is 1. The number of aryl methyl sites for hydroxylation is 1. The Morgan fingerprint density at radius 2 is 1.73 bits per heavy atom. The van der Waals surface area contributed by atoms with E-state index >= 15 is 0 Å². The van der Waals surface area contributed by atoms with Gasteiger partial charge in [0.2, 0.25) is 5.91 Å². The largest absolute Gasteiger partial charge is 0.497 e. The van der Waals surface area contributed by atoms with Crippen LogP contribution in [-0.4, -0.2) is 30.4 Å². The molecule has 1 fully saturated rings. The van der Waals surface area contributed by atoms with Gasteiger partial charge in [0.05, 0.1) is 12.8 Å². The van der Waals surface area contributed by atoms with Crippen molar-refractivity contribution in [2.45, 2.75) is 49.8 Å². The minimum absolute atomic E-state index is 0.150. The molecule has 5 heteroatoms. The normalized spacial score (nSPS) is 14.2. The number of methoxy groups -OCH3 is 1. The number of nitrogens with zero attached hydrogens (tertiary/aromatic N) is 1. The third-order valence-electron chi connectivity index (χ3n) is 6.60. The molecule has 1 saturated carbocycles.